The molecular weight excluding hydrogens is 296 g/mol. The van der Waals surface area contributed by atoms with Gasteiger partial charge in [0.2, 0.25) is 0 Å². The fraction of sp³-hybridized carbons (Fsp3) is 0.692. The summed E-state index contributed by atoms with van der Waals surface area (Å²) in [7, 11) is -2.97. The molecule has 2 aliphatic rings. The minimum atomic E-state index is -2.97. The van der Waals surface area contributed by atoms with E-state index < -0.39 is 9.84 Å². The van der Waals surface area contributed by atoms with Crippen LogP contribution in [0.1, 0.15) is 20.3 Å². The van der Waals surface area contributed by atoms with E-state index in [4.69, 9.17) is 0 Å². The monoisotopic (exact) mass is 316 g/mol. The van der Waals surface area contributed by atoms with E-state index in [0.29, 0.717) is 11.7 Å². The van der Waals surface area contributed by atoms with E-state index >= 15 is 0 Å². The predicted octanol–water partition coefficient (Wildman–Crippen LogP) is 1.32. The van der Waals surface area contributed by atoms with Gasteiger partial charge < -0.3 is 4.90 Å². The Morgan fingerprint density at radius 1 is 1.60 bits per heavy atom. The molecule has 0 spiro atoms. The van der Waals surface area contributed by atoms with Crippen LogP contribution in [-0.2, 0) is 14.6 Å². The van der Waals surface area contributed by atoms with Crippen LogP contribution in [0.5, 0.6) is 0 Å². The molecule has 3 atom stereocenters. The van der Waals surface area contributed by atoms with Crippen molar-refractivity contribution in [2.24, 2.45) is 10.9 Å². The van der Waals surface area contributed by atoms with Crippen LogP contribution in [0.4, 0.5) is 0 Å². The molecule has 0 radical (unpaired) electrons. The van der Waals surface area contributed by atoms with Crippen LogP contribution in [0, 0.1) is 5.92 Å². The summed E-state index contributed by atoms with van der Waals surface area (Å²) < 4.78 is 23.4. The minimum Gasteiger partial charge on any atom is -0.342 e. The molecule has 2 aliphatic heterocycles. The molecule has 112 valence electrons. The Balaban J connectivity index is 2.22. The van der Waals surface area contributed by atoms with E-state index in [9.17, 15) is 13.2 Å². The first-order valence-corrected chi connectivity index (χ1v) is 9.45. The fourth-order valence-corrected chi connectivity index (χ4v) is 6.33. The molecule has 2 saturated heterocycles. The Hall–Kier alpha value is -0.820. The predicted molar refractivity (Wildman–Crippen MR) is 82.6 cm³/mol. The molecule has 0 N–H and O–H groups in total. The summed E-state index contributed by atoms with van der Waals surface area (Å²) in [4.78, 5) is 18.1. The molecule has 0 unspecified atom stereocenters. The van der Waals surface area contributed by atoms with Crippen molar-refractivity contribution < 1.29 is 13.2 Å². The lowest BCUT2D eigenvalue weighted by atomic mass is 10.1. The Kier molecular flexibility index (Phi) is 4.59. The van der Waals surface area contributed by atoms with Crippen molar-refractivity contribution >= 4 is 32.7 Å². The summed E-state index contributed by atoms with van der Waals surface area (Å²) in [5, 5.41) is 0.642. The Bertz CT molecular complexity index is 542. The van der Waals surface area contributed by atoms with E-state index in [0.717, 1.165) is 6.42 Å². The van der Waals surface area contributed by atoms with Crippen LogP contribution in [0.15, 0.2) is 17.6 Å². The number of hydrogen-bond acceptors (Lipinski definition) is 4. The standard InChI is InChI=1S/C13H20N2O3S2/c1-4-6-15-10-7-20(17,18)8-11(10)19-13(15)14-12(16)9(3)5-2/h4,9-11H,1,5-8H2,2-3H3/t9-,10+,11-/m0/s1. The zero-order chi connectivity index (χ0) is 14.9. The fourth-order valence-electron chi connectivity index (χ4n) is 2.37. The van der Waals surface area contributed by atoms with Gasteiger partial charge in [-0.25, -0.2) is 8.42 Å². The molecule has 0 saturated carbocycles. The molecule has 2 heterocycles. The molecule has 0 aliphatic carbocycles. The summed E-state index contributed by atoms with van der Waals surface area (Å²) in [5.74, 6) is 0.0893. The van der Waals surface area contributed by atoms with Crippen LogP contribution in [0.2, 0.25) is 0 Å². The minimum absolute atomic E-state index is 0.0107. The van der Waals surface area contributed by atoms with Gasteiger partial charge in [-0.3, -0.25) is 4.79 Å². The molecule has 0 bridgehead atoms. The first-order chi connectivity index (χ1) is 9.38. The highest BCUT2D eigenvalue weighted by atomic mass is 32.2. The number of amidine groups is 1. The number of carbonyl (C=O) groups is 1. The summed E-state index contributed by atoms with van der Waals surface area (Å²) in [6.07, 6.45) is 2.47. The third kappa shape index (κ3) is 3.09. The molecular formula is C13H20N2O3S2. The molecule has 0 aromatic carbocycles. The number of hydrogen-bond donors (Lipinski definition) is 0. The van der Waals surface area contributed by atoms with Crippen molar-refractivity contribution in [1.82, 2.24) is 4.90 Å². The van der Waals surface area contributed by atoms with Gasteiger partial charge in [0, 0.05) is 17.7 Å². The number of amides is 1. The normalized spacial score (nSPS) is 31.3. The quantitative estimate of drug-likeness (QED) is 0.732. The number of thioether (sulfide) groups is 1. The maximum Gasteiger partial charge on any atom is 0.250 e. The van der Waals surface area contributed by atoms with Crippen molar-refractivity contribution in [3.63, 3.8) is 0 Å². The van der Waals surface area contributed by atoms with Crippen LogP contribution >= 0.6 is 11.8 Å². The van der Waals surface area contributed by atoms with Crippen molar-refractivity contribution in [2.75, 3.05) is 18.1 Å². The molecule has 1 amide bonds. The maximum atomic E-state index is 12.0. The van der Waals surface area contributed by atoms with Gasteiger partial charge in [0.05, 0.1) is 17.5 Å². The second-order valence-corrected chi connectivity index (χ2v) is 8.64. The molecule has 2 rings (SSSR count). The van der Waals surface area contributed by atoms with Gasteiger partial charge in [-0.05, 0) is 6.42 Å². The lowest BCUT2D eigenvalue weighted by molar-refractivity contribution is -0.121. The highest BCUT2D eigenvalue weighted by Crippen LogP contribution is 2.38. The van der Waals surface area contributed by atoms with Gasteiger partial charge in [-0.1, -0.05) is 31.7 Å². The Morgan fingerprint density at radius 2 is 2.30 bits per heavy atom. The summed E-state index contributed by atoms with van der Waals surface area (Å²) >= 11 is 1.42. The summed E-state index contributed by atoms with van der Waals surface area (Å²) in [6.45, 7) is 8.03. The molecule has 7 heteroatoms. The lowest BCUT2D eigenvalue weighted by Crippen LogP contribution is -2.37. The van der Waals surface area contributed by atoms with E-state index in [-0.39, 0.29) is 34.6 Å². The average Bonchev–Trinajstić information content (AvgIpc) is 2.82. The highest BCUT2D eigenvalue weighted by Gasteiger charge is 2.48. The van der Waals surface area contributed by atoms with Gasteiger partial charge in [-0.2, -0.15) is 4.99 Å². The molecule has 0 aromatic heterocycles. The zero-order valence-corrected chi connectivity index (χ0v) is 13.4. The SMILES string of the molecule is C=CCN1C(=NC(=O)[C@@H](C)CC)S[C@H]2CS(=O)(=O)C[C@H]21. The van der Waals surface area contributed by atoms with E-state index in [1.165, 1.54) is 11.8 Å². The second kappa shape index (κ2) is 5.89. The molecule has 2 fully saturated rings. The van der Waals surface area contributed by atoms with Gasteiger partial charge in [0.1, 0.15) is 0 Å². The highest BCUT2D eigenvalue weighted by molar-refractivity contribution is 8.15. The van der Waals surface area contributed by atoms with Crippen molar-refractivity contribution in [1.29, 1.82) is 0 Å². The molecule has 0 aromatic rings. The summed E-state index contributed by atoms with van der Waals surface area (Å²) in [5.41, 5.74) is 0. The van der Waals surface area contributed by atoms with Crippen molar-refractivity contribution in [3.8, 4) is 0 Å². The van der Waals surface area contributed by atoms with E-state index in [1.807, 2.05) is 18.7 Å². The van der Waals surface area contributed by atoms with E-state index in [1.54, 1.807) is 6.08 Å². The van der Waals surface area contributed by atoms with Crippen molar-refractivity contribution in [3.05, 3.63) is 12.7 Å². The van der Waals surface area contributed by atoms with Gasteiger partial charge >= 0.3 is 0 Å². The van der Waals surface area contributed by atoms with Crippen LogP contribution in [0.3, 0.4) is 0 Å². The largest absolute Gasteiger partial charge is 0.342 e. The van der Waals surface area contributed by atoms with Gasteiger partial charge in [-0.15, -0.1) is 6.58 Å². The number of nitrogens with zero attached hydrogens (tertiary/aromatic N) is 2. The Morgan fingerprint density at radius 3 is 2.90 bits per heavy atom. The molecule has 5 nitrogen and oxygen atoms in total. The van der Waals surface area contributed by atoms with Crippen LogP contribution in [0.25, 0.3) is 0 Å². The van der Waals surface area contributed by atoms with Crippen LogP contribution < -0.4 is 0 Å². The maximum absolute atomic E-state index is 12.0. The first kappa shape index (κ1) is 15.6. The number of aliphatic imine (C=N–C) groups is 1. The van der Waals surface area contributed by atoms with Gasteiger partial charge in [0.15, 0.2) is 15.0 Å². The third-order valence-corrected chi connectivity index (χ3v) is 6.99. The Labute approximate surface area is 124 Å². The average molecular weight is 316 g/mol. The second-order valence-electron chi connectivity index (χ2n) is 5.28. The first-order valence-electron chi connectivity index (χ1n) is 6.75. The summed E-state index contributed by atoms with van der Waals surface area (Å²) in [6, 6.07) is -0.0773. The van der Waals surface area contributed by atoms with E-state index in [2.05, 4.69) is 11.6 Å². The van der Waals surface area contributed by atoms with Crippen LogP contribution in [-0.4, -0.2) is 53.7 Å². The topological polar surface area (TPSA) is 66.8 Å². The van der Waals surface area contributed by atoms with Crippen molar-refractivity contribution in [2.45, 2.75) is 31.6 Å². The number of sulfone groups is 1. The lowest BCUT2D eigenvalue weighted by Gasteiger charge is -2.22. The van der Waals surface area contributed by atoms with Gasteiger partial charge in [0.25, 0.3) is 5.91 Å². The third-order valence-electron chi connectivity index (χ3n) is 3.74. The molecule has 20 heavy (non-hydrogen) atoms. The zero-order valence-electron chi connectivity index (χ0n) is 11.8. The smallest absolute Gasteiger partial charge is 0.250 e. The number of rotatable bonds is 4. The number of carbonyl (C=O) groups excluding carboxylic acids is 1. The number of fused-ring (bicyclic) bond motifs is 1.